The number of nitrogens with two attached hydrogens (primary N) is 1. The van der Waals surface area contributed by atoms with Crippen molar-refractivity contribution in [1.29, 1.82) is 0 Å². The molecule has 3 saturated carbocycles. The molecule has 23 heavy (non-hydrogen) atoms. The van der Waals surface area contributed by atoms with Crippen LogP contribution in [0.25, 0.3) is 0 Å². The fraction of sp³-hybridized carbons (Fsp3) is 0.818. The molecule has 2 N–H and O–H groups in total. The summed E-state index contributed by atoms with van der Waals surface area (Å²) >= 11 is 0. The lowest BCUT2D eigenvalue weighted by Gasteiger charge is -2.63. The fourth-order valence-corrected chi connectivity index (χ4v) is 7.64. The summed E-state index contributed by atoms with van der Waals surface area (Å²) < 4.78 is 0. The molecule has 1 nitrogen and oxygen atoms in total. The van der Waals surface area contributed by atoms with Gasteiger partial charge in [-0.05, 0) is 80.0 Å². The highest BCUT2D eigenvalue weighted by atomic mass is 14.9. The van der Waals surface area contributed by atoms with Gasteiger partial charge in [-0.1, -0.05) is 51.0 Å². The van der Waals surface area contributed by atoms with Crippen LogP contribution in [0.15, 0.2) is 23.8 Å². The molecule has 2 unspecified atom stereocenters. The molecule has 4 aliphatic rings. The molecule has 6 atom stereocenters. The zero-order chi connectivity index (χ0) is 16.5. The van der Waals surface area contributed by atoms with Gasteiger partial charge in [-0.25, -0.2) is 0 Å². The molecule has 0 aromatic heterocycles. The molecule has 128 valence electrons. The van der Waals surface area contributed by atoms with Gasteiger partial charge < -0.3 is 5.73 Å². The largest absolute Gasteiger partial charge is 0.325 e. The lowest BCUT2D eigenvalue weighted by atomic mass is 9.43. The average Bonchev–Trinajstić information content (AvgIpc) is 2.86. The number of rotatable bonds is 1. The van der Waals surface area contributed by atoms with E-state index in [2.05, 4.69) is 33.4 Å². The van der Waals surface area contributed by atoms with Gasteiger partial charge in [0.1, 0.15) is 0 Å². The minimum Gasteiger partial charge on any atom is -0.325 e. The maximum absolute atomic E-state index is 7.33. The summed E-state index contributed by atoms with van der Waals surface area (Å²) in [4.78, 5) is 0. The minimum absolute atomic E-state index is 0.0850. The van der Waals surface area contributed by atoms with Crippen molar-refractivity contribution in [2.75, 3.05) is 0 Å². The highest BCUT2D eigenvalue weighted by Crippen LogP contribution is 2.67. The number of fused-ring (bicyclic) bond motifs is 5. The Kier molecular flexibility index (Phi) is 3.45. The van der Waals surface area contributed by atoms with Crippen LogP contribution in [0, 0.1) is 28.6 Å². The van der Waals surface area contributed by atoms with E-state index in [9.17, 15) is 0 Å². The van der Waals surface area contributed by atoms with E-state index < -0.39 is 0 Å². The molecule has 0 spiro atoms. The second-order valence-electron chi connectivity index (χ2n) is 9.69. The van der Waals surface area contributed by atoms with Crippen LogP contribution in [0.3, 0.4) is 0 Å². The quantitative estimate of drug-likeness (QED) is 0.668. The fourth-order valence-electron chi connectivity index (χ4n) is 7.64. The molecule has 0 heterocycles. The summed E-state index contributed by atoms with van der Waals surface area (Å²) in [6, 6.07) is 0. The predicted octanol–water partition coefficient (Wildman–Crippen LogP) is 5.61. The van der Waals surface area contributed by atoms with E-state index in [1.807, 2.05) is 0 Å². The van der Waals surface area contributed by atoms with Crippen molar-refractivity contribution in [2.45, 2.75) is 84.1 Å². The van der Waals surface area contributed by atoms with E-state index >= 15 is 0 Å². The molecular formula is C22H35N. The van der Waals surface area contributed by atoms with E-state index in [1.165, 1.54) is 63.4 Å². The summed E-state index contributed by atoms with van der Waals surface area (Å²) in [6.45, 7) is 11.7. The van der Waals surface area contributed by atoms with Gasteiger partial charge in [0.15, 0.2) is 0 Å². The zero-order valence-corrected chi connectivity index (χ0v) is 15.5. The molecule has 0 aliphatic heterocycles. The first-order chi connectivity index (χ1) is 10.8. The standard InChI is InChI=1S/C22H35N/c1-5-16-6-7-18-20(16,3)12-10-19-21(4)11-8-15(2)14-17(21)9-13-22(18,19)23/h14,16,18-19H,2,5-13,23H2,1,3-4H3/t16-,18?,19?,20+,21-,22+/m0/s1. The minimum atomic E-state index is 0.0850. The van der Waals surface area contributed by atoms with Crippen LogP contribution in [-0.4, -0.2) is 5.54 Å². The van der Waals surface area contributed by atoms with Crippen LogP contribution in [0.1, 0.15) is 78.6 Å². The van der Waals surface area contributed by atoms with Gasteiger partial charge in [0.25, 0.3) is 0 Å². The van der Waals surface area contributed by atoms with Gasteiger partial charge >= 0.3 is 0 Å². The summed E-state index contributed by atoms with van der Waals surface area (Å²) in [5.74, 6) is 2.35. The van der Waals surface area contributed by atoms with Gasteiger partial charge in [-0.15, -0.1) is 0 Å². The van der Waals surface area contributed by atoms with Crippen molar-refractivity contribution in [3.63, 3.8) is 0 Å². The first-order valence-corrected chi connectivity index (χ1v) is 10.0. The van der Waals surface area contributed by atoms with Crippen LogP contribution in [-0.2, 0) is 0 Å². The topological polar surface area (TPSA) is 26.0 Å². The monoisotopic (exact) mass is 313 g/mol. The molecule has 3 fully saturated rings. The summed E-state index contributed by atoms with van der Waals surface area (Å²) in [6.07, 6.45) is 14.2. The van der Waals surface area contributed by atoms with Gasteiger partial charge in [0.05, 0.1) is 0 Å². The van der Waals surface area contributed by atoms with Gasteiger partial charge in [0, 0.05) is 5.54 Å². The average molecular weight is 314 g/mol. The Hall–Kier alpha value is -0.560. The summed E-state index contributed by atoms with van der Waals surface area (Å²) in [7, 11) is 0. The lowest BCUT2D eigenvalue weighted by Crippen LogP contribution is -2.66. The van der Waals surface area contributed by atoms with Crippen LogP contribution >= 0.6 is 0 Å². The number of hydrogen-bond acceptors (Lipinski definition) is 1. The molecular weight excluding hydrogens is 278 g/mol. The van der Waals surface area contributed by atoms with Crippen molar-refractivity contribution in [2.24, 2.45) is 34.3 Å². The Morgan fingerprint density at radius 1 is 1.09 bits per heavy atom. The molecule has 4 aliphatic carbocycles. The van der Waals surface area contributed by atoms with E-state index in [-0.39, 0.29) is 5.54 Å². The van der Waals surface area contributed by atoms with E-state index in [1.54, 1.807) is 5.57 Å². The van der Waals surface area contributed by atoms with E-state index in [0.29, 0.717) is 16.7 Å². The zero-order valence-electron chi connectivity index (χ0n) is 15.5. The second-order valence-corrected chi connectivity index (χ2v) is 9.69. The van der Waals surface area contributed by atoms with Crippen molar-refractivity contribution >= 4 is 0 Å². The first-order valence-electron chi connectivity index (χ1n) is 10.0. The van der Waals surface area contributed by atoms with Crippen LogP contribution < -0.4 is 5.73 Å². The predicted molar refractivity (Wildman–Crippen MR) is 98.1 cm³/mol. The van der Waals surface area contributed by atoms with Crippen molar-refractivity contribution in [3.8, 4) is 0 Å². The Morgan fingerprint density at radius 2 is 1.87 bits per heavy atom. The van der Waals surface area contributed by atoms with Crippen molar-refractivity contribution in [1.82, 2.24) is 0 Å². The maximum Gasteiger partial charge on any atom is 0.0228 e. The number of allylic oxidation sites excluding steroid dienone is 3. The van der Waals surface area contributed by atoms with Gasteiger partial charge in [-0.3, -0.25) is 0 Å². The second kappa shape index (κ2) is 4.97. The van der Waals surface area contributed by atoms with Gasteiger partial charge in [0.2, 0.25) is 0 Å². The Labute approximate surface area is 142 Å². The molecule has 4 rings (SSSR count). The summed E-state index contributed by atoms with van der Waals surface area (Å²) in [5.41, 5.74) is 11.3. The van der Waals surface area contributed by atoms with Crippen LogP contribution in [0.2, 0.25) is 0 Å². The van der Waals surface area contributed by atoms with Gasteiger partial charge in [-0.2, -0.15) is 0 Å². The number of hydrogen-bond donors (Lipinski definition) is 1. The molecule has 1 heteroatoms. The van der Waals surface area contributed by atoms with Crippen molar-refractivity contribution < 1.29 is 0 Å². The molecule has 0 aromatic carbocycles. The Morgan fingerprint density at radius 3 is 2.61 bits per heavy atom. The Bertz CT molecular complexity index is 560. The molecule has 0 amide bonds. The van der Waals surface area contributed by atoms with Crippen LogP contribution in [0.5, 0.6) is 0 Å². The SMILES string of the molecule is C=C1C=C2CC[C@]3(N)C(CC[C@@]4(C)C3CC[C@@H]4CC)[C@@]2(C)CC1. The lowest BCUT2D eigenvalue weighted by molar-refractivity contribution is -0.0697. The molecule has 0 saturated heterocycles. The third kappa shape index (κ3) is 1.95. The van der Waals surface area contributed by atoms with E-state index in [4.69, 9.17) is 5.73 Å². The van der Waals surface area contributed by atoms with Crippen LogP contribution in [0.4, 0.5) is 0 Å². The van der Waals surface area contributed by atoms with E-state index in [0.717, 1.165) is 11.8 Å². The Balaban J connectivity index is 1.73. The third-order valence-corrected chi connectivity index (χ3v) is 8.97. The molecule has 0 radical (unpaired) electrons. The normalized spacial score (nSPS) is 52.4. The smallest absolute Gasteiger partial charge is 0.0228 e. The molecule has 0 bridgehead atoms. The summed E-state index contributed by atoms with van der Waals surface area (Å²) in [5, 5.41) is 0. The highest BCUT2D eigenvalue weighted by Gasteiger charge is 2.63. The third-order valence-electron chi connectivity index (χ3n) is 8.97. The maximum atomic E-state index is 7.33. The highest BCUT2D eigenvalue weighted by molar-refractivity contribution is 5.35. The first kappa shape index (κ1) is 15.9. The molecule has 0 aromatic rings. The van der Waals surface area contributed by atoms with Crippen molar-refractivity contribution in [3.05, 3.63) is 23.8 Å².